The molecule has 2 atom stereocenters. The fourth-order valence-corrected chi connectivity index (χ4v) is 2.61. The third kappa shape index (κ3) is 3.36. The Balaban J connectivity index is 2.51. The van der Waals surface area contributed by atoms with Gasteiger partial charge in [0.25, 0.3) is 0 Å². The van der Waals surface area contributed by atoms with Crippen LogP contribution in [-0.4, -0.2) is 31.5 Å². The summed E-state index contributed by atoms with van der Waals surface area (Å²) in [6.07, 6.45) is 3.25. The number of ether oxygens (including phenoxy) is 1. The summed E-state index contributed by atoms with van der Waals surface area (Å²) < 4.78 is 5.01. The number of halogens is 1. The number of amides is 1. The Hall–Kier alpha value is -0.280. The van der Waals surface area contributed by atoms with Gasteiger partial charge in [-0.05, 0) is 18.3 Å². The standard InChI is InChI=1S/C12H22ClNO2/c1-12(2)6-4-5-10(12)11(15)14-9(7-13)8-16-3/h9-10H,4-8H2,1-3H3,(H,14,15). The number of rotatable bonds is 5. The third-order valence-corrected chi connectivity index (χ3v) is 3.85. The van der Waals surface area contributed by atoms with Crippen LogP contribution in [-0.2, 0) is 9.53 Å². The van der Waals surface area contributed by atoms with Gasteiger partial charge in [0.2, 0.25) is 5.91 Å². The first-order valence-electron chi connectivity index (χ1n) is 5.86. The van der Waals surface area contributed by atoms with Crippen molar-refractivity contribution in [1.29, 1.82) is 0 Å². The second-order valence-electron chi connectivity index (χ2n) is 5.25. The molecule has 0 aromatic carbocycles. The van der Waals surface area contributed by atoms with Gasteiger partial charge < -0.3 is 10.1 Å². The highest BCUT2D eigenvalue weighted by molar-refractivity contribution is 6.18. The van der Waals surface area contributed by atoms with Crippen LogP contribution >= 0.6 is 11.6 Å². The quantitative estimate of drug-likeness (QED) is 0.757. The maximum atomic E-state index is 12.1. The third-order valence-electron chi connectivity index (χ3n) is 3.47. The molecule has 3 nitrogen and oxygen atoms in total. The van der Waals surface area contributed by atoms with Crippen molar-refractivity contribution in [3.05, 3.63) is 0 Å². The predicted octanol–water partition coefficient (Wildman–Crippen LogP) is 2.18. The van der Waals surface area contributed by atoms with Crippen molar-refractivity contribution >= 4 is 17.5 Å². The Labute approximate surface area is 103 Å². The van der Waals surface area contributed by atoms with Crippen molar-refractivity contribution in [1.82, 2.24) is 5.32 Å². The molecule has 0 spiro atoms. The van der Waals surface area contributed by atoms with Crippen LogP contribution < -0.4 is 5.32 Å². The van der Waals surface area contributed by atoms with E-state index in [2.05, 4.69) is 19.2 Å². The van der Waals surface area contributed by atoms with Crippen LogP contribution in [0.25, 0.3) is 0 Å². The topological polar surface area (TPSA) is 38.3 Å². The van der Waals surface area contributed by atoms with Gasteiger partial charge in [-0.25, -0.2) is 0 Å². The van der Waals surface area contributed by atoms with E-state index in [4.69, 9.17) is 16.3 Å². The highest BCUT2D eigenvalue weighted by atomic mass is 35.5. The van der Waals surface area contributed by atoms with Crippen LogP contribution in [0.4, 0.5) is 0 Å². The van der Waals surface area contributed by atoms with E-state index in [1.165, 1.54) is 0 Å². The summed E-state index contributed by atoms with van der Waals surface area (Å²) >= 11 is 5.77. The first-order chi connectivity index (χ1) is 7.51. The molecule has 0 aliphatic heterocycles. The van der Waals surface area contributed by atoms with E-state index >= 15 is 0 Å². The van der Waals surface area contributed by atoms with E-state index in [0.717, 1.165) is 19.3 Å². The lowest BCUT2D eigenvalue weighted by Gasteiger charge is -2.27. The van der Waals surface area contributed by atoms with E-state index in [0.29, 0.717) is 12.5 Å². The summed E-state index contributed by atoms with van der Waals surface area (Å²) in [5.41, 5.74) is 0.119. The van der Waals surface area contributed by atoms with Crippen molar-refractivity contribution in [2.45, 2.75) is 39.2 Å². The minimum Gasteiger partial charge on any atom is -0.383 e. The highest BCUT2D eigenvalue weighted by Crippen LogP contribution is 2.42. The smallest absolute Gasteiger partial charge is 0.223 e. The number of carbonyl (C=O) groups excluding carboxylic acids is 1. The molecule has 16 heavy (non-hydrogen) atoms. The van der Waals surface area contributed by atoms with Crippen LogP contribution in [0.1, 0.15) is 33.1 Å². The molecule has 0 saturated heterocycles. The molecule has 1 fully saturated rings. The lowest BCUT2D eigenvalue weighted by atomic mass is 9.81. The lowest BCUT2D eigenvalue weighted by molar-refractivity contribution is -0.128. The Kier molecular flexibility index (Phi) is 5.06. The van der Waals surface area contributed by atoms with Crippen LogP contribution in [0.5, 0.6) is 0 Å². The summed E-state index contributed by atoms with van der Waals surface area (Å²) in [5, 5.41) is 2.97. The average molecular weight is 248 g/mol. The van der Waals surface area contributed by atoms with E-state index in [9.17, 15) is 4.79 Å². The van der Waals surface area contributed by atoms with Gasteiger partial charge >= 0.3 is 0 Å². The Morgan fingerprint density at radius 2 is 2.31 bits per heavy atom. The molecule has 1 amide bonds. The molecule has 2 unspecified atom stereocenters. The summed E-state index contributed by atoms with van der Waals surface area (Å²) in [6, 6.07) is -0.0735. The highest BCUT2D eigenvalue weighted by Gasteiger charge is 2.39. The van der Waals surface area contributed by atoms with E-state index in [-0.39, 0.29) is 23.3 Å². The molecular weight excluding hydrogens is 226 g/mol. The molecule has 0 aromatic rings. The van der Waals surface area contributed by atoms with E-state index < -0.39 is 0 Å². The van der Waals surface area contributed by atoms with Gasteiger partial charge in [0.1, 0.15) is 0 Å². The van der Waals surface area contributed by atoms with Gasteiger partial charge in [-0.1, -0.05) is 20.3 Å². The van der Waals surface area contributed by atoms with Crippen LogP contribution in [0.2, 0.25) is 0 Å². The molecule has 0 bridgehead atoms. The number of hydrogen-bond donors (Lipinski definition) is 1. The van der Waals surface area contributed by atoms with Crippen molar-refractivity contribution in [3.8, 4) is 0 Å². The number of alkyl halides is 1. The van der Waals surface area contributed by atoms with Gasteiger partial charge in [-0.2, -0.15) is 0 Å². The predicted molar refractivity (Wildman–Crippen MR) is 65.6 cm³/mol. The molecule has 1 rings (SSSR count). The molecule has 1 aliphatic rings. The Bertz CT molecular complexity index is 243. The maximum Gasteiger partial charge on any atom is 0.223 e. The molecule has 4 heteroatoms. The lowest BCUT2D eigenvalue weighted by Crippen LogP contribution is -2.44. The fourth-order valence-electron chi connectivity index (χ4n) is 2.44. The van der Waals surface area contributed by atoms with Crippen LogP contribution in [0, 0.1) is 11.3 Å². The summed E-state index contributed by atoms with van der Waals surface area (Å²) in [5.74, 6) is 0.646. The molecule has 1 N–H and O–H groups in total. The zero-order valence-electron chi connectivity index (χ0n) is 10.4. The zero-order valence-corrected chi connectivity index (χ0v) is 11.1. The van der Waals surface area contributed by atoms with Gasteiger partial charge in [0.05, 0.1) is 12.6 Å². The van der Waals surface area contributed by atoms with Crippen LogP contribution in [0.3, 0.4) is 0 Å². The van der Waals surface area contributed by atoms with Crippen molar-refractivity contribution in [2.24, 2.45) is 11.3 Å². The van der Waals surface area contributed by atoms with E-state index in [1.54, 1.807) is 7.11 Å². The SMILES string of the molecule is COCC(CCl)NC(=O)C1CCCC1(C)C. The van der Waals surface area contributed by atoms with Crippen molar-refractivity contribution in [3.63, 3.8) is 0 Å². The second kappa shape index (κ2) is 5.87. The number of carbonyl (C=O) groups is 1. The largest absolute Gasteiger partial charge is 0.383 e. The summed E-state index contributed by atoms with van der Waals surface area (Å²) in [7, 11) is 1.62. The molecule has 1 saturated carbocycles. The normalized spacial score (nSPS) is 25.4. The molecule has 1 aliphatic carbocycles. The molecule has 0 heterocycles. The molecule has 94 valence electrons. The van der Waals surface area contributed by atoms with Gasteiger partial charge in [0.15, 0.2) is 0 Å². The first-order valence-corrected chi connectivity index (χ1v) is 6.40. The first kappa shape index (κ1) is 13.8. The molecule has 0 radical (unpaired) electrons. The second-order valence-corrected chi connectivity index (χ2v) is 5.56. The monoisotopic (exact) mass is 247 g/mol. The zero-order chi connectivity index (χ0) is 12.2. The minimum absolute atomic E-state index is 0.0735. The number of methoxy groups -OCH3 is 1. The Morgan fingerprint density at radius 3 is 2.75 bits per heavy atom. The van der Waals surface area contributed by atoms with Gasteiger partial charge in [-0.15, -0.1) is 11.6 Å². The number of nitrogens with one attached hydrogen (secondary N) is 1. The minimum atomic E-state index is -0.0735. The summed E-state index contributed by atoms with van der Waals surface area (Å²) in [4.78, 5) is 12.1. The van der Waals surface area contributed by atoms with E-state index in [1.807, 2.05) is 0 Å². The average Bonchev–Trinajstić information content (AvgIpc) is 2.57. The van der Waals surface area contributed by atoms with Gasteiger partial charge in [0, 0.05) is 18.9 Å². The van der Waals surface area contributed by atoms with Crippen LogP contribution in [0.15, 0.2) is 0 Å². The molecular formula is C12H22ClNO2. The fraction of sp³-hybridized carbons (Fsp3) is 0.917. The van der Waals surface area contributed by atoms with Gasteiger partial charge in [-0.3, -0.25) is 4.79 Å². The van der Waals surface area contributed by atoms with Crippen molar-refractivity contribution < 1.29 is 9.53 Å². The Morgan fingerprint density at radius 1 is 1.62 bits per heavy atom. The number of hydrogen-bond acceptors (Lipinski definition) is 2. The summed E-state index contributed by atoms with van der Waals surface area (Å²) in [6.45, 7) is 4.80. The maximum absolute atomic E-state index is 12.1. The molecule has 0 aromatic heterocycles. The van der Waals surface area contributed by atoms with Crippen molar-refractivity contribution in [2.75, 3.05) is 19.6 Å².